The molecule has 0 saturated carbocycles. The van der Waals surface area contributed by atoms with Crippen molar-refractivity contribution in [3.05, 3.63) is 59.5 Å². The molecule has 160 valence electrons. The fraction of sp³-hybridized carbons (Fsp3) is 0.522. The van der Waals surface area contributed by atoms with Crippen LogP contribution >= 0.6 is 0 Å². The number of hydrogen-bond acceptors (Lipinski definition) is 5. The molecule has 7 nitrogen and oxygen atoms in total. The average Bonchev–Trinajstić information content (AvgIpc) is 3.39. The van der Waals surface area contributed by atoms with Gasteiger partial charge >= 0.3 is 6.03 Å². The molecule has 0 radical (unpaired) electrons. The third-order valence-corrected chi connectivity index (χ3v) is 7.06. The number of furan rings is 1. The molecule has 1 spiro atoms. The second-order valence-corrected chi connectivity index (χ2v) is 8.51. The van der Waals surface area contributed by atoms with E-state index in [1.807, 2.05) is 17.0 Å². The quantitative estimate of drug-likeness (QED) is 0.810. The van der Waals surface area contributed by atoms with E-state index in [-0.39, 0.29) is 17.5 Å². The molecule has 30 heavy (non-hydrogen) atoms. The number of urea groups is 1. The van der Waals surface area contributed by atoms with E-state index in [2.05, 4.69) is 34.5 Å². The van der Waals surface area contributed by atoms with Crippen LogP contribution in [0.2, 0.25) is 0 Å². The topological polar surface area (TPSA) is 78.2 Å². The Hall–Kier alpha value is -2.35. The van der Waals surface area contributed by atoms with Crippen molar-refractivity contribution in [2.24, 2.45) is 0 Å². The van der Waals surface area contributed by atoms with Crippen molar-refractivity contribution in [1.29, 1.82) is 0 Å². The van der Waals surface area contributed by atoms with Crippen LogP contribution in [0.4, 0.5) is 4.79 Å². The number of aliphatic hydroxyl groups is 1. The molecule has 2 saturated heterocycles. The predicted molar refractivity (Wildman–Crippen MR) is 111 cm³/mol. The molecule has 3 aliphatic rings. The number of nitrogens with zero attached hydrogens (tertiary/aromatic N) is 2. The van der Waals surface area contributed by atoms with Gasteiger partial charge in [0, 0.05) is 31.6 Å². The summed E-state index contributed by atoms with van der Waals surface area (Å²) in [6.07, 6.45) is 2.66. The Morgan fingerprint density at radius 1 is 1.10 bits per heavy atom. The van der Waals surface area contributed by atoms with Crippen molar-refractivity contribution in [2.45, 2.75) is 36.9 Å². The lowest BCUT2D eigenvalue weighted by molar-refractivity contribution is -0.0469. The summed E-state index contributed by atoms with van der Waals surface area (Å²) in [7, 11) is 0. The standard InChI is InChI=1S/C23H29N3O4/c27-21-20(25-11-14-29-15-12-25)18-5-1-2-6-19(18)23(21)7-9-26(10-8-23)22(28)24-16-17-4-3-13-30-17/h1-6,13,20-21,27H,7-12,14-16H2,(H,24,28)/t20-,21+/m1/s1. The predicted octanol–water partition coefficient (Wildman–Crippen LogP) is 2.27. The number of hydrogen-bond donors (Lipinski definition) is 2. The molecule has 7 heteroatoms. The first-order chi connectivity index (χ1) is 14.7. The monoisotopic (exact) mass is 411 g/mol. The maximum atomic E-state index is 12.6. The number of carbonyl (C=O) groups excluding carboxylic acids is 1. The normalized spacial score (nSPS) is 26.0. The zero-order valence-corrected chi connectivity index (χ0v) is 17.1. The molecule has 2 fully saturated rings. The summed E-state index contributed by atoms with van der Waals surface area (Å²) >= 11 is 0. The number of ether oxygens (including phenoxy) is 1. The maximum Gasteiger partial charge on any atom is 0.317 e. The number of rotatable bonds is 3. The summed E-state index contributed by atoms with van der Waals surface area (Å²) < 4.78 is 10.8. The van der Waals surface area contributed by atoms with Crippen LogP contribution < -0.4 is 5.32 Å². The van der Waals surface area contributed by atoms with Gasteiger partial charge in [0.2, 0.25) is 0 Å². The Morgan fingerprint density at radius 2 is 1.87 bits per heavy atom. The van der Waals surface area contributed by atoms with E-state index < -0.39 is 6.10 Å². The lowest BCUT2D eigenvalue weighted by atomic mass is 9.72. The fourth-order valence-electron chi connectivity index (χ4n) is 5.45. The average molecular weight is 412 g/mol. The molecule has 2 atom stereocenters. The third kappa shape index (κ3) is 3.31. The fourth-order valence-corrected chi connectivity index (χ4v) is 5.45. The van der Waals surface area contributed by atoms with Crippen molar-refractivity contribution >= 4 is 6.03 Å². The number of morpholine rings is 1. The Kier molecular flexibility index (Phi) is 5.26. The Balaban J connectivity index is 1.31. The number of benzene rings is 1. The van der Waals surface area contributed by atoms with Crippen molar-refractivity contribution in [2.75, 3.05) is 39.4 Å². The molecule has 2 aliphatic heterocycles. The van der Waals surface area contributed by atoms with Crippen LogP contribution in [0.1, 0.15) is 35.8 Å². The molecule has 5 rings (SSSR count). The van der Waals surface area contributed by atoms with Gasteiger partial charge in [0.15, 0.2) is 0 Å². The first kappa shape index (κ1) is 19.6. The van der Waals surface area contributed by atoms with E-state index in [4.69, 9.17) is 9.15 Å². The number of nitrogens with one attached hydrogen (secondary N) is 1. The van der Waals surface area contributed by atoms with Crippen LogP contribution in [0.5, 0.6) is 0 Å². The summed E-state index contributed by atoms with van der Waals surface area (Å²) in [6.45, 7) is 4.75. The number of carbonyl (C=O) groups is 1. The zero-order chi connectivity index (χ0) is 20.6. The van der Waals surface area contributed by atoms with Gasteiger partial charge in [-0.15, -0.1) is 0 Å². The molecule has 0 bridgehead atoms. The summed E-state index contributed by atoms with van der Waals surface area (Å²) in [5.74, 6) is 0.741. The van der Waals surface area contributed by atoms with Gasteiger partial charge in [-0.2, -0.15) is 0 Å². The van der Waals surface area contributed by atoms with Gasteiger partial charge in [0.1, 0.15) is 5.76 Å². The van der Waals surface area contributed by atoms with Gasteiger partial charge in [0.25, 0.3) is 0 Å². The Labute approximate surface area is 176 Å². The van der Waals surface area contributed by atoms with E-state index in [0.29, 0.717) is 32.8 Å². The van der Waals surface area contributed by atoms with E-state index in [1.165, 1.54) is 11.1 Å². The maximum absolute atomic E-state index is 12.6. The zero-order valence-electron chi connectivity index (χ0n) is 17.1. The van der Waals surface area contributed by atoms with Gasteiger partial charge in [-0.05, 0) is 36.1 Å². The van der Waals surface area contributed by atoms with E-state index >= 15 is 0 Å². The SMILES string of the molecule is O=C(NCc1ccco1)N1CCC2(CC1)c1ccccc1[C@@H](N1CCOCC1)[C@@H]2O. The molecule has 0 unspecified atom stereocenters. The second-order valence-electron chi connectivity index (χ2n) is 8.51. The Bertz CT molecular complexity index is 870. The van der Waals surface area contributed by atoms with Crippen LogP contribution in [-0.4, -0.2) is 66.4 Å². The van der Waals surface area contributed by atoms with E-state index in [0.717, 1.165) is 31.7 Å². The van der Waals surface area contributed by atoms with Gasteiger partial charge in [-0.25, -0.2) is 4.79 Å². The molecule has 1 aromatic carbocycles. The second kappa shape index (κ2) is 8.06. The van der Waals surface area contributed by atoms with Crippen LogP contribution in [0.15, 0.2) is 47.1 Å². The van der Waals surface area contributed by atoms with Crippen LogP contribution in [0, 0.1) is 0 Å². The molecule has 2 amide bonds. The van der Waals surface area contributed by atoms with Crippen molar-refractivity contribution in [3.8, 4) is 0 Å². The smallest absolute Gasteiger partial charge is 0.317 e. The van der Waals surface area contributed by atoms with E-state index in [1.54, 1.807) is 6.26 Å². The molecule has 1 aliphatic carbocycles. The lowest BCUT2D eigenvalue weighted by Gasteiger charge is -2.44. The van der Waals surface area contributed by atoms with Crippen molar-refractivity contribution in [1.82, 2.24) is 15.1 Å². The van der Waals surface area contributed by atoms with Gasteiger partial charge in [-0.1, -0.05) is 24.3 Å². The lowest BCUT2D eigenvalue weighted by Crippen LogP contribution is -2.53. The molecule has 1 aromatic heterocycles. The minimum absolute atomic E-state index is 0.00410. The highest BCUT2D eigenvalue weighted by Crippen LogP contribution is 2.52. The number of amides is 2. The number of aliphatic hydroxyl groups excluding tert-OH is 1. The first-order valence-corrected chi connectivity index (χ1v) is 10.8. The number of fused-ring (bicyclic) bond motifs is 2. The largest absolute Gasteiger partial charge is 0.467 e. The minimum atomic E-state index is -0.471. The number of piperidine rings is 1. The van der Waals surface area contributed by atoms with Gasteiger partial charge < -0.3 is 24.5 Å². The van der Waals surface area contributed by atoms with Crippen LogP contribution in [0.3, 0.4) is 0 Å². The highest BCUT2D eigenvalue weighted by atomic mass is 16.5. The summed E-state index contributed by atoms with van der Waals surface area (Å²) in [4.78, 5) is 16.8. The first-order valence-electron chi connectivity index (χ1n) is 10.8. The molecule has 2 aromatic rings. The molecular formula is C23H29N3O4. The van der Waals surface area contributed by atoms with Crippen LogP contribution in [-0.2, 0) is 16.7 Å². The summed E-state index contributed by atoms with van der Waals surface area (Å²) in [5, 5.41) is 14.5. The molecular weight excluding hydrogens is 382 g/mol. The number of likely N-dealkylation sites (tertiary alicyclic amines) is 1. The summed E-state index contributed by atoms with van der Waals surface area (Å²) in [5.41, 5.74) is 2.20. The minimum Gasteiger partial charge on any atom is -0.467 e. The molecule has 2 N–H and O–H groups in total. The molecule has 3 heterocycles. The van der Waals surface area contributed by atoms with Gasteiger partial charge in [0.05, 0.1) is 38.2 Å². The highest BCUT2D eigenvalue weighted by molar-refractivity contribution is 5.74. The van der Waals surface area contributed by atoms with Crippen LogP contribution in [0.25, 0.3) is 0 Å². The van der Waals surface area contributed by atoms with Crippen molar-refractivity contribution in [3.63, 3.8) is 0 Å². The van der Waals surface area contributed by atoms with Crippen molar-refractivity contribution < 1.29 is 19.1 Å². The van der Waals surface area contributed by atoms with E-state index in [9.17, 15) is 9.90 Å². The highest BCUT2D eigenvalue weighted by Gasteiger charge is 2.54. The van der Waals surface area contributed by atoms with Gasteiger partial charge in [-0.3, -0.25) is 4.90 Å². The third-order valence-electron chi connectivity index (χ3n) is 7.06. The Morgan fingerprint density at radius 3 is 2.60 bits per heavy atom. The summed E-state index contributed by atoms with van der Waals surface area (Å²) in [6, 6.07) is 12.1.